The molecule has 3 nitrogen and oxygen atoms in total. The second kappa shape index (κ2) is 3.75. The van der Waals surface area contributed by atoms with Gasteiger partial charge in [-0.1, -0.05) is 0 Å². The van der Waals surface area contributed by atoms with Crippen molar-refractivity contribution in [3.63, 3.8) is 0 Å². The number of carbonyl (C=O) groups is 1. The zero-order chi connectivity index (χ0) is 11.8. The molecule has 0 saturated heterocycles. The Labute approximate surface area is 103 Å². The second-order valence-electron chi connectivity index (χ2n) is 3.87. The first kappa shape index (κ1) is 10.1. The molecular formula is C13H10N2OS. The zero-order valence-electron chi connectivity index (χ0n) is 8.94. The van der Waals surface area contributed by atoms with E-state index in [0.717, 1.165) is 16.8 Å². The van der Waals surface area contributed by atoms with Gasteiger partial charge in [-0.05, 0) is 46.7 Å². The average Bonchev–Trinajstić information content (AvgIpc) is 2.90. The fourth-order valence-corrected chi connectivity index (χ4v) is 2.49. The lowest BCUT2D eigenvalue weighted by molar-refractivity contribution is -0.110. The predicted octanol–water partition coefficient (Wildman–Crippen LogP) is 2.82. The summed E-state index contributed by atoms with van der Waals surface area (Å²) >= 11 is 1.61. The molecule has 0 aliphatic carbocycles. The van der Waals surface area contributed by atoms with Gasteiger partial charge in [-0.25, -0.2) is 0 Å². The molecule has 1 aliphatic heterocycles. The Bertz CT molecular complexity index is 614. The molecule has 1 amide bonds. The molecule has 3 rings (SSSR count). The number of nitrogen functional groups attached to an aromatic ring is 1. The van der Waals surface area contributed by atoms with Crippen molar-refractivity contribution in [1.29, 1.82) is 0 Å². The standard InChI is InChI=1S/C13H10N2OS/c14-9-1-2-12-10(6-9)11(13(16)15-12)5-8-3-4-17-7-8/h1-7H,14H2,(H,15,16). The monoisotopic (exact) mass is 242 g/mol. The molecule has 2 heterocycles. The van der Waals surface area contributed by atoms with E-state index in [2.05, 4.69) is 5.32 Å². The maximum atomic E-state index is 11.9. The first-order valence-corrected chi connectivity index (χ1v) is 6.13. The van der Waals surface area contributed by atoms with E-state index in [4.69, 9.17) is 5.73 Å². The number of nitrogens with one attached hydrogen (secondary N) is 1. The molecule has 84 valence electrons. The Morgan fingerprint density at radius 2 is 2.18 bits per heavy atom. The molecule has 0 radical (unpaired) electrons. The Hall–Kier alpha value is -2.07. The predicted molar refractivity (Wildman–Crippen MR) is 71.7 cm³/mol. The summed E-state index contributed by atoms with van der Waals surface area (Å²) in [5, 5.41) is 6.82. The largest absolute Gasteiger partial charge is 0.399 e. The van der Waals surface area contributed by atoms with Crippen LogP contribution in [-0.4, -0.2) is 5.91 Å². The van der Waals surface area contributed by atoms with Crippen LogP contribution in [0.1, 0.15) is 11.1 Å². The molecule has 0 atom stereocenters. The van der Waals surface area contributed by atoms with Gasteiger partial charge in [0, 0.05) is 22.5 Å². The van der Waals surface area contributed by atoms with Crippen molar-refractivity contribution in [3.05, 3.63) is 46.2 Å². The quantitative estimate of drug-likeness (QED) is 0.596. The summed E-state index contributed by atoms with van der Waals surface area (Å²) in [4.78, 5) is 11.9. The van der Waals surface area contributed by atoms with Crippen LogP contribution >= 0.6 is 11.3 Å². The fraction of sp³-hybridized carbons (Fsp3) is 0. The van der Waals surface area contributed by atoms with Crippen LogP contribution in [0.5, 0.6) is 0 Å². The molecule has 0 saturated carbocycles. The summed E-state index contributed by atoms with van der Waals surface area (Å²) in [6.07, 6.45) is 1.89. The second-order valence-corrected chi connectivity index (χ2v) is 4.65. The third-order valence-corrected chi connectivity index (χ3v) is 3.38. The minimum Gasteiger partial charge on any atom is -0.399 e. The normalized spacial score (nSPS) is 16.0. The van der Waals surface area contributed by atoms with E-state index in [-0.39, 0.29) is 5.91 Å². The van der Waals surface area contributed by atoms with Gasteiger partial charge in [0.05, 0.1) is 0 Å². The molecule has 0 fully saturated rings. The topological polar surface area (TPSA) is 55.1 Å². The molecule has 0 spiro atoms. The average molecular weight is 242 g/mol. The Kier molecular flexibility index (Phi) is 2.23. The van der Waals surface area contributed by atoms with Gasteiger partial charge < -0.3 is 11.1 Å². The van der Waals surface area contributed by atoms with Crippen LogP contribution in [0.4, 0.5) is 11.4 Å². The van der Waals surface area contributed by atoms with Crippen LogP contribution in [0.2, 0.25) is 0 Å². The summed E-state index contributed by atoms with van der Waals surface area (Å²) in [7, 11) is 0. The summed E-state index contributed by atoms with van der Waals surface area (Å²) in [5.74, 6) is -0.0724. The van der Waals surface area contributed by atoms with Crippen molar-refractivity contribution in [3.8, 4) is 0 Å². The Balaban J connectivity index is 2.13. The molecule has 0 bridgehead atoms. The van der Waals surface area contributed by atoms with Crippen molar-refractivity contribution >= 4 is 40.3 Å². The van der Waals surface area contributed by atoms with Gasteiger partial charge in [-0.15, -0.1) is 0 Å². The number of carbonyl (C=O) groups excluding carboxylic acids is 1. The molecule has 0 unspecified atom stereocenters. The van der Waals surface area contributed by atoms with Crippen LogP contribution in [-0.2, 0) is 4.79 Å². The van der Waals surface area contributed by atoms with E-state index in [0.29, 0.717) is 11.3 Å². The summed E-state index contributed by atoms with van der Waals surface area (Å²) in [6.45, 7) is 0. The highest BCUT2D eigenvalue weighted by molar-refractivity contribution is 7.08. The third-order valence-electron chi connectivity index (χ3n) is 2.68. The first-order valence-electron chi connectivity index (χ1n) is 5.19. The molecule has 4 heteroatoms. The minimum atomic E-state index is -0.0724. The third kappa shape index (κ3) is 1.72. The van der Waals surface area contributed by atoms with Crippen LogP contribution < -0.4 is 11.1 Å². The van der Waals surface area contributed by atoms with E-state index < -0.39 is 0 Å². The van der Waals surface area contributed by atoms with Crippen LogP contribution in [0.15, 0.2) is 35.0 Å². The number of nitrogens with two attached hydrogens (primary N) is 1. The van der Waals surface area contributed by atoms with Gasteiger partial charge in [-0.3, -0.25) is 4.79 Å². The van der Waals surface area contributed by atoms with E-state index in [1.165, 1.54) is 0 Å². The first-order chi connectivity index (χ1) is 8.24. The Morgan fingerprint density at radius 3 is 2.94 bits per heavy atom. The van der Waals surface area contributed by atoms with E-state index in [9.17, 15) is 4.79 Å². The summed E-state index contributed by atoms with van der Waals surface area (Å²) < 4.78 is 0. The Morgan fingerprint density at radius 1 is 1.29 bits per heavy atom. The highest BCUT2D eigenvalue weighted by Crippen LogP contribution is 2.34. The lowest BCUT2D eigenvalue weighted by atomic mass is 10.0. The number of hydrogen-bond acceptors (Lipinski definition) is 3. The van der Waals surface area contributed by atoms with Crippen molar-refractivity contribution in [2.24, 2.45) is 0 Å². The zero-order valence-corrected chi connectivity index (χ0v) is 9.75. The number of hydrogen-bond donors (Lipinski definition) is 2. The summed E-state index contributed by atoms with van der Waals surface area (Å²) in [5.41, 5.74) is 9.82. The van der Waals surface area contributed by atoms with Crippen LogP contribution in [0.25, 0.3) is 11.6 Å². The number of amides is 1. The van der Waals surface area contributed by atoms with E-state index in [1.807, 2.05) is 35.0 Å². The van der Waals surface area contributed by atoms with E-state index in [1.54, 1.807) is 17.4 Å². The number of fused-ring (bicyclic) bond motifs is 1. The van der Waals surface area contributed by atoms with E-state index >= 15 is 0 Å². The van der Waals surface area contributed by atoms with Crippen LogP contribution in [0.3, 0.4) is 0 Å². The van der Waals surface area contributed by atoms with Crippen molar-refractivity contribution in [2.45, 2.75) is 0 Å². The van der Waals surface area contributed by atoms with Gasteiger partial charge in [0.1, 0.15) is 0 Å². The maximum Gasteiger partial charge on any atom is 0.256 e. The number of rotatable bonds is 1. The molecule has 1 aliphatic rings. The highest BCUT2D eigenvalue weighted by Gasteiger charge is 2.23. The molecular weight excluding hydrogens is 232 g/mol. The van der Waals surface area contributed by atoms with Crippen molar-refractivity contribution in [2.75, 3.05) is 11.1 Å². The lowest BCUT2D eigenvalue weighted by Gasteiger charge is -1.99. The lowest BCUT2D eigenvalue weighted by Crippen LogP contribution is -2.03. The van der Waals surface area contributed by atoms with Gasteiger partial charge >= 0.3 is 0 Å². The fourth-order valence-electron chi connectivity index (χ4n) is 1.87. The van der Waals surface area contributed by atoms with Gasteiger partial charge in [0.2, 0.25) is 0 Å². The number of anilines is 2. The molecule has 17 heavy (non-hydrogen) atoms. The summed E-state index contributed by atoms with van der Waals surface area (Å²) in [6, 6.07) is 7.42. The number of benzene rings is 1. The highest BCUT2D eigenvalue weighted by atomic mass is 32.1. The van der Waals surface area contributed by atoms with Gasteiger partial charge in [0.15, 0.2) is 0 Å². The maximum absolute atomic E-state index is 11.9. The molecule has 1 aromatic heterocycles. The number of thiophene rings is 1. The van der Waals surface area contributed by atoms with Crippen LogP contribution in [0, 0.1) is 0 Å². The van der Waals surface area contributed by atoms with Gasteiger partial charge in [0.25, 0.3) is 5.91 Å². The van der Waals surface area contributed by atoms with Crippen molar-refractivity contribution in [1.82, 2.24) is 0 Å². The smallest absolute Gasteiger partial charge is 0.256 e. The SMILES string of the molecule is Nc1ccc2c(c1)C(=Cc1ccsc1)C(=O)N2. The minimum absolute atomic E-state index is 0.0724. The molecule has 1 aromatic carbocycles. The molecule has 2 aromatic rings. The molecule has 3 N–H and O–H groups in total. The van der Waals surface area contributed by atoms with Gasteiger partial charge in [-0.2, -0.15) is 11.3 Å². The van der Waals surface area contributed by atoms with Crippen molar-refractivity contribution < 1.29 is 4.79 Å².